The molecule has 0 heterocycles. The Hall–Kier alpha value is -2.17. The van der Waals surface area contributed by atoms with E-state index in [9.17, 15) is 14.4 Å². The maximum Gasteiger partial charge on any atom is 0.306 e. The molecule has 0 atom stereocenters. The van der Waals surface area contributed by atoms with Gasteiger partial charge in [-0.05, 0) is 36.5 Å². The molecule has 0 spiro atoms. The van der Waals surface area contributed by atoms with Crippen LogP contribution in [0.5, 0.6) is 0 Å². The molecule has 0 fully saturated rings. The minimum atomic E-state index is -0.534. The molecule has 1 amide bonds. The Bertz CT molecular complexity index is 565. The van der Waals surface area contributed by atoms with Crippen molar-refractivity contribution in [1.29, 1.82) is 0 Å². The highest BCUT2D eigenvalue weighted by molar-refractivity contribution is 5.97. The average Bonchev–Trinajstić information content (AvgIpc) is 2.97. The average molecular weight is 289 g/mol. The van der Waals surface area contributed by atoms with Gasteiger partial charge in [0.1, 0.15) is 0 Å². The van der Waals surface area contributed by atoms with Crippen LogP contribution in [0.3, 0.4) is 0 Å². The highest BCUT2D eigenvalue weighted by atomic mass is 16.5. The summed E-state index contributed by atoms with van der Waals surface area (Å²) in [6.45, 7) is -0.303. The molecule has 21 heavy (non-hydrogen) atoms. The largest absolute Gasteiger partial charge is 0.456 e. The molecule has 112 valence electrons. The predicted octanol–water partition coefficient (Wildman–Crippen LogP) is 1.43. The first-order valence-corrected chi connectivity index (χ1v) is 7.11. The second-order valence-corrected chi connectivity index (χ2v) is 5.09. The van der Waals surface area contributed by atoms with Crippen LogP contribution in [0, 0.1) is 0 Å². The minimum absolute atomic E-state index is 0.00703. The summed E-state index contributed by atoms with van der Waals surface area (Å²) in [7, 11) is 1.47. The van der Waals surface area contributed by atoms with E-state index in [1.54, 1.807) is 0 Å². The van der Waals surface area contributed by atoms with E-state index in [1.807, 2.05) is 18.2 Å². The molecule has 0 bridgehead atoms. The van der Waals surface area contributed by atoms with E-state index >= 15 is 0 Å². The van der Waals surface area contributed by atoms with Gasteiger partial charge >= 0.3 is 5.97 Å². The standard InChI is InChI=1S/C16H19NO4/c1-17-15(19)10-21-16(20)8-7-14(18)13-6-5-11-3-2-4-12(11)9-13/h5-6,9H,2-4,7-8,10H2,1H3,(H,17,19). The number of hydrogen-bond acceptors (Lipinski definition) is 4. The predicted molar refractivity (Wildman–Crippen MR) is 77.1 cm³/mol. The van der Waals surface area contributed by atoms with Crippen LogP contribution in [0.1, 0.15) is 40.7 Å². The second-order valence-electron chi connectivity index (χ2n) is 5.09. The molecule has 2 rings (SSSR count). The normalized spacial score (nSPS) is 12.6. The number of Topliss-reactive ketones (excluding diaryl/α,β-unsaturated/α-hetero) is 1. The molecule has 5 heteroatoms. The zero-order valence-corrected chi connectivity index (χ0v) is 12.1. The van der Waals surface area contributed by atoms with Crippen molar-refractivity contribution < 1.29 is 19.1 Å². The van der Waals surface area contributed by atoms with Gasteiger partial charge in [0.2, 0.25) is 0 Å². The number of likely N-dealkylation sites (N-methyl/N-ethyl adjacent to an activating group) is 1. The Morgan fingerprint density at radius 2 is 1.90 bits per heavy atom. The maximum absolute atomic E-state index is 12.1. The second kappa shape index (κ2) is 7.02. The highest BCUT2D eigenvalue weighted by Gasteiger charge is 2.15. The van der Waals surface area contributed by atoms with Crippen LogP contribution in [-0.2, 0) is 27.2 Å². The molecule has 0 unspecified atom stereocenters. The first kappa shape index (κ1) is 15.2. The van der Waals surface area contributed by atoms with Gasteiger partial charge < -0.3 is 10.1 Å². The number of carbonyl (C=O) groups excluding carboxylic acids is 3. The van der Waals surface area contributed by atoms with Gasteiger partial charge in [0.05, 0.1) is 6.42 Å². The summed E-state index contributed by atoms with van der Waals surface area (Å²) in [5, 5.41) is 2.35. The SMILES string of the molecule is CNC(=O)COC(=O)CCC(=O)c1ccc2c(c1)CCC2. The van der Waals surface area contributed by atoms with Gasteiger partial charge in [-0.1, -0.05) is 12.1 Å². The van der Waals surface area contributed by atoms with Crippen molar-refractivity contribution in [3.05, 3.63) is 34.9 Å². The fourth-order valence-electron chi connectivity index (χ4n) is 2.40. The number of hydrogen-bond donors (Lipinski definition) is 1. The Kier molecular flexibility index (Phi) is 5.09. The van der Waals surface area contributed by atoms with Crippen molar-refractivity contribution in [1.82, 2.24) is 5.32 Å². The molecule has 1 aliphatic carbocycles. The Labute approximate surface area is 123 Å². The number of rotatable bonds is 6. The minimum Gasteiger partial charge on any atom is -0.456 e. The summed E-state index contributed by atoms with van der Waals surface area (Å²) in [5.41, 5.74) is 3.20. The molecule has 1 aromatic rings. The van der Waals surface area contributed by atoms with Gasteiger partial charge in [0.15, 0.2) is 12.4 Å². The zero-order valence-electron chi connectivity index (χ0n) is 12.1. The summed E-state index contributed by atoms with van der Waals surface area (Å²) in [6.07, 6.45) is 3.33. The fourth-order valence-corrected chi connectivity index (χ4v) is 2.40. The quantitative estimate of drug-likeness (QED) is 0.635. The fraction of sp³-hybridized carbons (Fsp3) is 0.438. The first-order valence-electron chi connectivity index (χ1n) is 7.11. The van der Waals surface area contributed by atoms with Crippen molar-refractivity contribution in [3.63, 3.8) is 0 Å². The van der Waals surface area contributed by atoms with Crippen molar-refractivity contribution in [2.75, 3.05) is 13.7 Å². The lowest BCUT2D eigenvalue weighted by Gasteiger charge is -2.05. The van der Waals surface area contributed by atoms with Crippen molar-refractivity contribution in [2.24, 2.45) is 0 Å². The lowest BCUT2D eigenvalue weighted by molar-refractivity contribution is -0.148. The molecule has 0 aromatic heterocycles. The third kappa shape index (κ3) is 4.15. The highest BCUT2D eigenvalue weighted by Crippen LogP contribution is 2.23. The smallest absolute Gasteiger partial charge is 0.306 e. The number of aryl methyl sites for hydroxylation is 2. The lowest BCUT2D eigenvalue weighted by atomic mass is 10.0. The Morgan fingerprint density at radius 3 is 2.67 bits per heavy atom. The number of benzene rings is 1. The van der Waals surface area contributed by atoms with E-state index < -0.39 is 5.97 Å². The molecule has 0 aliphatic heterocycles. The number of ether oxygens (including phenoxy) is 1. The van der Waals surface area contributed by atoms with Crippen LogP contribution in [0.4, 0.5) is 0 Å². The lowest BCUT2D eigenvalue weighted by Crippen LogP contribution is -2.25. The molecule has 5 nitrogen and oxygen atoms in total. The number of nitrogens with one attached hydrogen (secondary N) is 1. The van der Waals surface area contributed by atoms with Crippen molar-refractivity contribution in [2.45, 2.75) is 32.1 Å². The van der Waals surface area contributed by atoms with Crippen LogP contribution in [-0.4, -0.2) is 31.3 Å². The number of carbonyl (C=O) groups is 3. The maximum atomic E-state index is 12.1. The number of ketones is 1. The summed E-state index contributed by atoms with van der Waals surface area (Å²) >= 11 is 0. The molecule has 0 saturated carbocycles. The van der Waals surface area contributed by atoms with E-state index in [0.29, 0.717) is 5.56 Å². The van der Waals surface area contributed by atoms with Crippen LogP contribution in [0.25, 0.3) is 0 Å². The molecule has 1 aliphatic rings. The van der Waals surface area contributed by atoms with Crippen molar-refractivity contribution >= 4 is 17.7 Å². The van der Waals surface area contributed by atoms with Gasteiger partial charge in [-0.3, -0.25) is 14.4 Å². The van der Waals surface area contributed by atoms with Crippen LogP contribution < -0.4 is 5.32 Å². The number of esters is 1. The van der Waals surface area contributed by atoms with E-state index in [-0.39, 0.29) is 31.1 Å². The van der Waals surface area contributed by atoms with Gasteiger partial charge in [0, 0.05) is 19.0 Å². The van der Waals surface area contributed by atoms with Crippen LogP contribution >= 0.6 is 0 Å². The summed E-state index contributed by atoms with van der Waals surface area (Å²) in [5.74, 6) is -0.969. The Balaban J connectivity index is 1.82. The first-order chi connectivity index (χ1) is 10.1. The zero-order chi connectivity index (χ0) is 15.2. The third-order valence-corrected chi connectivity index (χ3v) is 3.62. The number of amides is 1. The molecule has 0 radical (unpaired) electrons. The monoisotopic (exact) mass is 289 g/mol. The molecule has 1 N–H and O–H groups in total. The molecular formula is C16H19NO4. The van der Waals surface area contributed by atoms with Crippen LogP contribution in [0.2, 0.25) is 0 Å². The van der Waals surface area contributed by atoms with E-state index in [0.717, 1.165) is 19.3 Å². The van der Waals surface area contributed by atoms with E-state index in [4.69, 9.17) is 4.74 Å². The summed E-state index contributed by atoms with van der Waals surface area (Å²) < 4.78 is 4.75. The van der Waals surface area contributed by atoms with E-state index in [2.05, 4.69) is 5.32 Å². The molecule has 0 saturated heterocycles. The van der Waals surface area contributed by atoms with E-state index in [1.165, 1.54) is 18.2 Å². The number of fused-ring (bicyclic) bond motifs is 1. The van der Waals surface area contributed by atoms with Gasteiger partial charge in [0.25, 0.3) is 5.91 Å². The summed E-state index contributed by atoms with van der Waals surface area (Å²) in [4.78, 5) is 34.4. The van der Waals surface area contributed by atoms with Crippen LogP contribution in [0.15, 0.2) is 18.2 Å². The molecular weight excluding hydrogens is 270 g/mol. The Morgan fingerprint density at radius 1 is 1.14 bits per heavy atom. The third-order valence-electron chi connectivity index (χ3n) is 3.62. The molecule has 1 aromatic carbocycles. The summed E-state index contributed by atoms with van der Waals surface area (Å²) in [6, 6.07) is 5.75. The van der Waals surface area contributed by atoms with Gasteiger partial charge in [-0.25, -0.2) is 0 Å². The topological polar surface area (TPSA) is 72.5 Å². The van der Waals surface area contributed by atoms with Gasteiger partial charge in [-0.15, -0.1) is 0 Å². The van der Waals surface area contributed by atoms with Gasteiger partial charge in [-0.2, -0.15) is 0 Å². The van der Waals surface area contributed by atoms with Crippen molar-refractivity contribution in [3.8, 4) is 0 Å².